The third kappa shape index (κ3) is 1.33. The highest BCUT2D eigenvalue weighted by molar-refractivity contribution is 9.10. The molecular formula is C6H4BrN5. The van der Waals surface area contributed by atoms with Gasteiger partial charge >= 0.3 is 0 Å². The molecule has 0 fully saturated rings. The van der Waals surface area contributed by atoms with Crippen LogP contribution in [0.3, 0.4) is 0 Å². The molecule has 0 saturated carbocycles. The third-order valence-electron chi connectivity index (χ3n) is 1.29. The average molecular weight is 226 g/mol. The second-order valence-electron chi connectivity index (χ2n) is 2.07. The predicted octanol–water partition coefficient (Wildman–Crippen LogP) is 0.820. The van der Waals surface area contributed by atoms with E-state index >= 15 is 0 Å². The molecule has 0 atom stereocenters. The van der Waals surface area contributed by atoms with Gasteiger partial charge in [-0.05, 0) is 15.9 Å². The van der Waals surface area contributed by atoms with Crippen molar-refractivity contribution in [1.82, 2.24) is 24.7 Å². The molecule has 2 aromatic heterocycles. The summed E-state index contributed by atoms with van der Waals surface area (Å²) in [6, 6.07) is 0. The maximum absolute atomic E-state index is 4.09. The molecule has 0 radical (unpaired) electrons. The van der Waals surface area contributed by atoms with Gasteiger partial charge in [0, 0.05) is 0 Å². The molecule has 0 bridgehead atoms. The van der Waals surface area contributed by atoms with Crippen LogP contribution in [0, 0.1) is 0 Å². The summed E-state index contributed by atoms with van der Waals surface area (Å²) in [4.78, 5) is 8.11. The minimum Gasteiger partial charge on any atom is -0.271 e. The lowest BCUT2D eigenvalue weighted by Crippen LogP contribution is -1.94. The number of nitrogens with zero attached hydrogens (tertiary/aromatic N) is 5. The molecular weight excluding hydrogens is 222 g/mol. The first-order chi connectivity index (χ1) is 5.86. The van der Waals surface area contributed by atoms with Crippen LogP contribution in [0.5, 0.6) is 0 Å². The molecule has 6 heteroatoms. The SMILES string of the molecule is Brc1cnc(-n2cnnc2)cn1. The molecule has 0 spiro atoms. The van der Waals surface area contributed by atoms with Crippen molar-refractivity contribution in [1.29, 1.82) is 0 Å². The number of hydrogen-bond acceptors (Lipinski definition) is 4. The summed E-state index contributed by atoms with van der Waals surface area (Å²) in [5, 5.41) is 7.31. The number of aromatic nitrogens is 5. The highest BCUT2D eigenvalue weighted by Crippen LogP contribution is 2.05. The van der Waals surface area contributed by atoms with Crippen LogP contribution in [0.15, 0.2) is 29.7 Å². The van der Waals surface area contributed by atoms with Crippen LogP contribution < -0.4 is 0 Å². The summed E-state index contributed by atoms with van der Waals surface area (Å²) in [6.45, 7) is 0. The summed E-state index contributed by atoms with van der Waals surface area (Å²) >= 11 is 3.19. The van der Waals surface area contributed by atoms with Crippen molar-refractivity contribution in [3.05, 3.63) is 29.7 Å². The largest absolute Gasteiger partial charge is 0.271 e. The van der Waals surface area contributed by atoms with Gasteiger partial charge < -0.3 is 0 Å². The van der Waals surface area contributed by atoms with Gasteiger partial charge in [-0.15, -0.1) is 10.2 Å². The van der Waals surface area contributed by atoms with Gasteiger partial charge in [0.2, 0.25) is 0 Å². The second-order valence-corrected chi connectivity index (χ2v) is 2.88. The molecule has 0 amide bonds. The third-order valence-corrected chi connectivity index (χ3v) is 1.70. The Bertz CT molecular complexity index is 354. The lowest BCUT2D eigenvalue weighted by molar-refractivity contribution is 0.961. The van der Waals surface area contributed by atoms with Crippen molar-refractivity contribution in [2.24, 2.45) is 0 Å². The van der Waals surface area contributed by atoms with Gasteiger partial charge in [-0.1, -0.05) is 0 Å². The average Bonchev–Trinajstić information content (AvgIpc) is 2.58. The quantitative estimate of drug-likeness (QED) is 0.722. The smallest absolute Gasteiger partial charge is 0.157 e. The first-order valence-electron chi connectivity index (χ1n) is 3.19. The molecule has 0 aliphatic heterocycles. The Labute approximate surface area is 76.6 Å². The van der Waals surface area contributed by atoms with Crippen molar-refractivity contribution < 1.29 is 0 Å². The van der Waals surface area contributed by atoms with Crippen molar-refractivity contribution in [3.63, 3.8) is 0 Å². The van der Waals surface area contributed by atoms with Crippen molar-refractivity contribution >= 4 is 15.9 Å². The van der Waals surface area contributed by atoms with Crippen LogP contribution in [-0.4, -0.2) is 24.7 Å². The van der Waals surface area contributed by atoms with Gasteiger partial charge in [0.25, 0.3) is 0 Å². The minimum atomic E-state index is 0.697. The molecule has 0 N–H and O–H groups in total. The number of rotatable bonds is 1. The molecule has 2 aromatic rings. The second kappa shape index (κ2) is 2.98. The molecule has 0 aliphatic rings. The molecule has 5 nitrogen and oxygen atoms in total. The lowest BCUT2D eigenvalue weighted by Gasteiger charge is -1.96. The summed E-state index contributed by atoms with van der Waals surface area (Å²) in [5.74, 6) is 0.697. The van der Waals surface area contributed by atoms with E-state index in [0.717, 1.165) is 0 Å². The van der Waals surface area contributed by atoms with Crippen molar-refractivity contribution in [3.8, 4) is 5.82 Å². The van der Waals surface area contributed by atoms with Crippen LogP contribution in [0.2, 0.25) is 0 Å². The Hall–Kier alpha value is -1.30. The maximum atomic E-state index is 4.09. The van der Waals surface area contributed by atoms with Gasteiger partial charge in [0.05, 0.1) is 12.4 Å². The number of hydrogen-bond donors (Lipinski definition) is 0. The van der Waals surface area contributed by atoms with Crippen molar-refractivity contribution in [2.45, 2.75) is 0 Å². The summed E-state index contributed by atoms with van der Waals surface area (Å²) in [7, 11) is 0. The van der Waals surface area contributed by atoms with E-state index in [1.807, 2.05) is 0 Å². The zero-order valence-corrected chi connectivity index (χ0v) is 7.51. The molecule has 60 valence electrons. The summed E-state index contributed by atoms with van der Waals surface area (Å²) in [6.07, 6.45) is 6.39. The van der Waals surface area contributed by atoms with E-state index in [2.05, 4.69) is 36.1 Å². The fourth-order valence-electron chi connectivity index (χ4n) is 0.758. The van der Waals surface area contributed by atoms with E-state index in [0.29, 0.717) is 10.4 Å². The molecule has 0 unspecified atom stereocenters. The van der Waals surface area contributed by atoms with E-state index < -0.39 is 0 Å². The summed E-state index contributed by atoms with van der Waals surface area (Å²) < 4.78 is 2.39. The monoisotopic (exact) mass is 225 g/mol. The van der Waals surface area contributed by atoms with Crippen molar-refractivity contribution in [2.75, 3.05) is 0 Å². The molecule has 0 aromatic carbocycles. The van der Waals surface area contributed by atoms with Crippen LogP contribution in [0.25, 0.3) is 5.82 Å². The van der Waals surface area contributed by atoms with Gasteiger partial charge in [0.15, 0.2) is 5.82 Å². The predicted molar refractivity (Wildman–Crippen MR) is 44.6 cm³/mol. The van der Waals surface area contributed by atoms with E-state index in [4.69, 9.17) is 0 Å². The van der Waals surface area contributed by atoms with Gasteiger partial charge in [0.1, 0.15) is 17.3 Å². The van der Waals surface area contributed by atoms with E-state index in [9.17, 15) is 0 Å². The van der Waals surface area contributed by atoms with E-state index in [1.54, 1.807) is 29.6 Å². The van der Waals surface area contributed by atoms with Gasteiger partial charge in [-0.2, -0.15) is 0 Å². The fraction of sp³-hybridized carbons (Fsp3) is 0. The van der Waals surface area contributed by atoms with Crippen LogP contribution >= 0.6 is 15.9 Å². The zero-order chi connectivity index (χ0) is 8.39. The number of halogens is 1. The van der Waals surface area contributed by atoms with Crippen LogP contribution in [0.1, 0.15) is 0 Å². The van der Waals surface area contributed by atoms with E-state index in [-0.39, 0.29) is 0 Å². The Morgan fingerprint density at radius 2 is 1.83 bits per heavy atom. The fourth-order valence-corrected chi connectivity index (χ4v) is 0.963. The van der Waals surface area contributed by atoms with Crippen LogP contribution in [0.4, 0.5) is 0 Å². The first-order valence-corrected chi connectivity index (χ1v) is 3.98. The molecule has 2 rings (SSSR count). The first kappa shape index (κ1) is 7.35. The highest BCUT2D eigenvalue weighted by Gasteiger charge is 1.96. The molecule has 12 heavy (non-hydrogen) atoms. The minimum absolute atomic E-state index is 0.697. The zero-order valence-electron chi connectivity index (χ0n) is 5.92. The Morgan fingerprint density at radius 3 is 2.42 bits per heavy atom. The van der Waals surface area contributed by atoms with Gasteiger partial charge in [-0.3, -0.25) is 4.57 Å². The Kier molecular flexibility index (Phi) is 1.83. The molecule has 0 saturated heterocycles. The standard InChI is InChI=1S/C6H4BrN5/c7-5-1-9-6(2-8-5)12-3-10-11-4-12/h1-4H. The molecule has 2 heterocycles. The topological polar surface area (TPSA) is 56.5 Å². The molecule has 0 aliphatic carbocycles. The highest BCUT2D eigenvalue weighted by atomic mass is 79.9. The lowest BCUT2D eigenvalue weighted by atomic mass is 10.6. The summed E-state index contributed by atoms with van der Waals surface area (Å²) in [5.41, 5.74) is 0. The van der Waals surface area contributed by atoms with E-state index in [1.165, 1.54) is 0 Å². The van der Waals surface area contributed by atoms with Crippen LogP contribution in [-0.2, 0) is 0 Å². The Morgan fingerprint density at radius 1 is 1.08 bits per heavy atom. The normalized spacial score (nSPS) is 10.1. The van der Waals surface area contributed by atoms with Gasteiger partial charge in [-0.25, -0.2) is 9.97 Å². The Balaban J connectivity index is 2.43. The maximum Gasteiger partial charge on any atom is 0.157 e.